The maximum absolute atomic E-state index is 10.4. The SMILES string of the molecule is C[C@H](C1CC1)N(Cc1ccccc1)C[C@@H](O)Cn1cccn1. The summed E-state index contributed by atoms with van der Waals surface area (Å²) in [5.41, 5.74) is 1.31. The van der Waals surface area contributed by atoms with Gasteiger partial charge in [-0.15, -0.1) is 0 Å². The molecule has 1 aromatic carbocycles. The van der Waals surface area contributed by atoms with Gasteiger partial charge in [-0.1, -0.05) is 30.3 Å². The number of hydrogen-bond donors (Lipinski definition) is 1. The van der Waals surface area contributed by atoms with E-state index in [9.17, 15) is 5.11 Å². The standard InChI is InChI=1S/C18H25N3O/c1-15(17-8-9-17)20(12-16-6-3-2-4-7-16)13-18(22)14-21-11-5-10-19-21/h2-7,10-11,15,17-18,22H,8-9,12-14H2,1H3/t15-,18-/m1/s1. The van der Waals surface area contributed by atoms with Gasteiger partial charge in [0.1, 0.15) is 0 Å². The van der Waals surface area contributed by atoms with Gasteiger partial charge in [0.15, 0.2) is 0 Å². The highest BCUT2D eigenvalue weighted by atomic mass is 16.3. The molecule has 0 radical (unpaired) electrons. The van der Waals surface area contributed by atoms with Crippen molar-refractivity contribution in [3.8, 4) is 0 Å². The van der Waals surface area contributed by atoms with Gasteiger partial charge in [0.2, 0.25) is 0 Å². The van der Waals surface area contributed by atoms with Crippen molar-refractivity contribution in [1.82, 2.24) is 14.7 Å². The van der Waals surface area contributed by atoms with Crippen LogP contribution in [0.15, 0.2) is 48.8 Å². The zero-order valence-corrected chi connectivity index (χ0v) is 13.2. The van der Waals surface area contributed by atoms with E-state index in [1.165, 1.54) is 18.4 Å². The average Bonchev–Trinajstić information content (AvgIpc) is 3.25. The van der Waals surface area contributed by atoms with Crippen molar-refractivity contribution < 1.29 is 5.11 Å². The average molecular weight is 299 g/mol. The predicted molar refractivity (Wildman–Crippen MR) is 87.3 cm³/mol. The van der Waals surface area contributed by atoms with E-state index in [0.29, 0.717) is 19.1 Å². The molecule has 2 aromatic rings. The molecule has 1 N–H and O–H groups in total. The lowest BCUT2D eigenvalue weighted by molar-refractivity contribution is 0.0667. The Kier molecular flexibility index (Phi) is 4.90. The van der Waals surface area contributed by atoms with Gasteiger partial charge in [0, 0.05) is 31.5 Å². The first-order chi connectivity index (χ1) is 10.7. The van der Waals surface area contributed by atoms with Gasteiger partial charge in [-0.05, 0) is 37.3 Å². The first-order valence-electron chi connectivity index (χ1n) is 8.16. The fourth-order valence-electron chi connectivity index (χ4n) is 3.02. The molecule has 22 heavy (non-hydrogen) atoms. The van der Waals surface area contributed by atoms with E-state index in [4.69, 9.17) is 0 Å². The number of benzene rings is 1. The molecule has 1 fully saturated rings. The minimum atomic E-state index is -0.398. The summed E-state index contributed by atoms with van der Waals surface area (Å²) in [5.74, 6) is 0.792. The third-order valence-corrected chi connectivity index (χ3v) is 4.51. The van der Waals surface area contributed by atoms with Crippen molar-refractivity contribution in [2.45, 2.75) is 45.0 Å². The summed E-state index contributed by atoms with van der Waals surface area (Å²) in [7, 11) is 0. The number of aliphatic hydroxyl groups is 1. The molecule has 0 saturated heterocycles. The van der Waals surface area contributed by atoms with Gasteiger partial charge in [0.05, 0.1) is 12.6 Å². The Morgan fingerprint density at radius 3 is 2.68 bits per heavy atom. The molecule has 4 heteroatoms. The Bertz CT molecular complexity index is 551. The highest BCUT2D eigenvalue weighted by molar-refractivity contribution is 5.14. The molecule has 0 unspecified atom stereocenters. The lowest BCUT2D eigenvalue weighted by Crippen LogP contribution is -2.41. The van der Waals surface area contributed by atoms with Gasteiger partial charge in [0.25, 0.3) is 0 Å². The van der Waals surface area contributed by atoms with Crippen LogP contribution in [0.2, 0.25) is 0 Å². The molecule has 0 amide bonds. The lowest BCUT2D eigenvalue weighted by Gasteiger charge is -2.31. The highest BCUT2D eigenvalue weighted by Crippen LogP contribution is 2.35. The summed E-state index contributed by atoms with van der Waals surface area (Å²) in [6, 6.07) is 12.9. The van der Waals surface area contributed by atoms with Crippen LogP contribution in [0.1, 0.15) is 25.3 Å². The number of nitrogens with zero attached hydrogens (tertiary/aromatic N) is 3. The Labute approximate surface area is 132 Å². The van der Waals surface area contributed by atoms with Crippen LogP contribution in [0.4, 0.5) is 0 Å². The molecule has 118 valence electrons. The summed E-state index contributed by atoms with van der Waals surface area (Å²) < 4.78 is 1.80. The molecule has 2 atom stereocenters. The molecule has 1 heterocycles. The predicted octanol–water partition coefficient (Wildman–Crippen LogP) is 2.54. The smallest absolute Gasteiger partial charge is 0.0862 e. The summed E-state index contributed by atoms with van der Waals surface area (Å²) in [6.07, 6.45) is 5.89. The molecule has 4 nitrogen and oxygen atoms in total. The topological polar surface area (TPSA) is 41.3 Å². The van der Waals surface area contributed by atoms with Crippen molar-refractivity contribution in [3.05, 3.63) is 54.4 Å². The van der Waals surface area contributed by atoms with Gasteiger partial charge in [-0.3, -0.25) is 9.58 Å². The third-order valence-electron chi connectivity index (χ3n) is 4.51. The van der Waals surface area contributed by atoms with E-state index in [1.54, 1.807) is 10.9 Å². The van der Waals surface area contributed by atoms with Crippen LogP contribution in [0, 0.1) is 5.92 Å². The Morgan fingerprint density at radius 1 is 1.27 bits per heavy atom. The molecular weight excluding hydrogens is 274 g/mol. The second kappa shape index (κ2) is 7.07. The van der Waals surface area contributed by atoms with E-state index in [0.717, 1.165) is 12.5 Å². The van der Waals surface area contributed by atoms with Crippen molar-refractivity contribution >= 4 is 0 Å². The Morgan fingerprint density at radius 2 is 2.05 bits per heavy atom. The monoisotopic (exact) mass is 299 g/mol. The maximum Gasteiger partial charge on any atom is 0.0862 e. The van der Waals surface area contributed by atoms with Crippen LogP contribution >= 0.6 is 0 Å². The van der Waals surface area contributed by atoms with Crippen LogP contribution < -0.4 is 0 Å². The van der Waals surface area contributed by atoms with E-state index in [2.05, 4.69) is 41.2 Å². The van der Waals surface area contributed by atoms with Gasteiger partial charge in [-0.25, -0.2) is 0 Å². The minimum Gasteiger partial charge on any atom is -0.390 e. The van der Waals surface area contributed by atoms with Crippen LogP contribution in [-0.2, 0) is 13.1 Å². The molecule has 0 spiro atoms. The summed E-state index contributed by atoms with van der Waals surface area (Å²) in [6.45, 7) is 4.43. The molecule has 3 rings (SSSR count). The number of rotatable bonds is 8. The van der Waals surface area contributed by atoms with E-state index >= 15 is 0 Å². The van der Waals surface area contributed by atoms with Gasteiger partial charge >= 0.3 is 0 Å². The summed E-state index contributed by atoms with van der Waals surface area (Å²) >= 11 is 0. The van der Waals surface area contributed by atoms with Crippen LogP contribution in [0.5, 0.6) is 0 Å². The third kappa shape index (κ3) is 4.18. The van der Waals surface area contributed by atoms with Crippen LogP contribution in [0.3, 0.4) is 0 Å². The zero-order chi connectivity index (χ0) is 15.4. The van der Waals surface area contributed by atoms with Crippen molar-refractivity contribution in [2.75, 3.05) is 6.54 Å². The molecule has 0 bridgehead atoms. The van der Waals surface area contributed by atoms with Crippen molar-refractivity contribution in [1.29, 1.82) is 0 Å². The molecular formula is C18H25N3O. The lowest BCUT2D eigenvalue weighted by atomic mass is 10.1. The number of aliphatic hydroxyl groups excluding tert-OH is 1. The molecule has 1 aliphatic carbocycles. The molecule has 0 aliphatic heterocycles. The fourth-order valence-corrected chi connectivity index (χ4v) is 3.02. The minimum absolute atomic E-state index is 0.398. The van der Waals surface area contributed by atoms with E-state index in [1.807, 2.05) is 18.3 Å². The molecule has 1 aromatic heterocycles. The van der Waals surface area contributed by atoms with Crippen LogP contribution in [-0.4, -0.2) is 38.5 Å². The Hall–Kier alpha value is -1.65. The fraction of sp³-hybridized carbons (Fsp3) is 0.500. The van der Waals surface area contributed by atoms with E-state index < -0.39 is 6.10 Å². The first kappa shape index (κ1) is 15.3. The normalized spacial score (nSPS) is 17.6. The summed E-state index contributed by atoms with van der Waals surface area (Å²) in [4.78, 5) is 2.42. The van der Waals surface area contributed by atoms with Gasteiger partial charge < -0.3 is 5.11 Å². The second-order valence-electron chi connectivity index (χ2n) is 6.38. The Balaban J connectivity index is 1.62. The number of aromatic nitrogens is 2. The largest absolute Gasteiger partial charge is 0.390 e. The number of hydrogen-bond acceptors (Lipinski definition) is 3. The van der Waals surface area contributed by atoms with Crippen molar-refractivity contribution in [3.63, 3.8) is 0 Å². The highest BCUT2D eigenvalue weighted by Gasteiger charge is 2.32. The quantitative estimate of drug-likeness (QED) is 0.814. The van der Waals surface area contributed by atoms with Crippen LogP contribution in [0.25, 0.3) is 0 Å². The second-order valence-corrected chi connectivity index (χ2v) is 6.38. The zero-order valence-electron chi connectivity index (χ0n) is 13.2. The first-order valence-corrected chi connectivity index (χ1v) is 8.16. The van der Waals surface area contributed by atoms with Crippen molar-refractivity contribution in [2.24, 2.45) is 5.92 Å². The molecule has 1 aliphatic rings. The summed E-state index contributed by atoms with van der Waals surface area (Å²) in [5, 5.41) is 14.6. The maximum atomic E-state index is 10.4. The van der Waals surface area contributed by atoms with E-state index in [-0.39, 0.29) is 0 Å². The van der Waals surface area contributed by atoms with Gasteiger partial charge in [-0.2, -0.15) is 5.10 Å². The molecule has 1 saturated carbocycles.